The lowest BCUT2D eigenvalue weighted by atomic mass is 9.98. The van der Waals surface area contributed by atoms with Crippen molar-refractivity contribution in [3.63, 3.8) is 0 Å². The maximum atomic E-state index is 12.6. The molecule has 0 aliphatic carbocycles. The van der Waals surface area contributed by atoms with Gasteiger partial charge in [-0.25, -0.2) is 13.1 Å². The summed E-state index contributed by atoms with van der Waals surface area (Å²) in [5, 5.41) is 2.60. The van der Waals surface area contributed by atoms with Crippen molar-refractivity contribution in [1.82, 2.24) is 10.0 Å². The molecule has 0 radical (unpaired) electrons. The van der Waals surface area contributed by atoms with E-state index in [0.29, 0.717) is 0 Å². The number of furan rings is 1. The van der Waals surface area contributed by atoms with Gasteiger partial charge < -0.3 is 9.73 Å². The average Bonchev–Trinajstić information content (AvgIpc) is 3.18. The predicted molar refractivity (Wildman–Crippen MR) is 97.1 cm³/mol. The number of benzene rings is 2. The van der Waals surface area contributed by atoms with Gasteiger partial charge in [0.1, 0.15) is 0 Å². The number of hydrogen-bond acceptors (Lipinski definition) is 4. The maximum Gasteiger partial charge on any atom is 0.287 e. The molecule has 0 atom stereocenters. The first kappa shape index (κ1) is 17.9. The van der Waals surface area contributed by atoms with Gasteiger partial charge in [-0.1, -0.05) is 60.7 Å². The zero-order valence-corrected chi connectivity index (χ0v) is 14.9. The van der Waals surface area contributed by atoms with Crippen molar-refractivity contribution in [2.24, 2.45) is 0 Å². The first-order chi connectivity index (χ1) is 12.5. The van der Waals surface area contributed by atoms with Gasteiger partial charge >= 0.3 is 0 Å². The van der Waals surface area contributed by atoms with Crippen LogP contribution in [-0.2, 0) is 10.0 Å². The minimum Gasteiger partial charge on any atom is -0.438 e. The molecule has 3 rings (SSSR count). The van der Waals surface area contributed by atoms with Gasteiger partial charge in [-0.3, -0.25) is 4.79 Å². The first-order valence-electron chi connectivity index (χ1n) is 7.95. The molecule has 26 heavy (non-hydrogen) atoms. The van der Waals surface area contributed by atoms with Gasteiger partial charge in [0, 0.05) is 0 Å². The van der Waals surface area contributed by atoms with Gasteiger partial charge in [0.05, 0.1) is 6.04 Å². The van der Waals surface area contributed by atoms with Crippen LogP contribution in [-0.4, -0.2) is 21.4 Å². The fourth-order valence-electron chi connectivity index (χ4n) is 2.54. The molecule has 134 valence electrons. The van der Waals surface area contributed by atoms with E-state index in [1.807, 2.05) is 60.7 Å². The largest absolute Gasteiger partial charge is 0.438 e. The number of hydrogen-bond donors (Lipinski definition) is 2. The molecule has 0 saturated heterocycles. The van der Waals surface area contributed by atoms with E-state index in [4.69, 9.17) is 4.42 Å². The summed E-state index contributed by atoms with van der Waals surface area (Å²) in [6, 6.07) is 21.2. The molecule has 3 aromatic rings. The molecule has 7 heteroatoms. The molecule has 1 heterocycles. The topological polar surface area (TPSA) is 88.4 Å². The number of sulfonamides is 1. The van der Waals surface area contributed by atoms with Gasteiger partial charge in [-0.05, 0) is 30.3 Å². The maximum absolute atomic E-state index is 12.6. The Morgan fingerprint density at radius 1 is 0.885 bits per heavy atom. The Hall–Kier alpha value is -2.90. The second kappa shape index (κ2) is 7.55. The number of amides is 1. The fourth-order valence-corrected chi connectivity index (χ4v) is 3.19. The lowest BCUT2D eigenvalue weighted by Gasteiger charge is -2.19. The lowest BCUT2D eigenvalue weighted by Crippen LogP contribution is -2.29. The molecule has 2 aromatic carbocycles. The third-order valence-corrected chi connectivity index (χ3v) is 5.17. The normalized spacial score (nSPS) is 11.5. The highest BCUT2D eigenvalue weighted by Crippen LogP contribution is 2.23. The number of carbonyl (C=O) groups excluding carboxylic acids is 1. The number of carbonyl (C=O) groups is 1. The average molecular weight is 370 g/mol. The highest BCUT2D eigenvalue weighted by molar-refractivity contribution is 7.89. The zero-order chi connectivity index (χ0) is 18.6. The molecule has 0 saturated carbocycles. The van der Waals surface area contributed by atoms with E-state index in [-0.39, 0.29) is 16.9 Å². The van der Waals surface area contributed by atoms with Crippen molar-refractivity contribution < 1.29 is 17.6 Å². The fraction of sp³-hybridized carbons (Fsp3) is 0.105. The molecule has 0 aliphatic rings. The highest BCUT2D eigenvalue weighted by atomic mass is 32.2. The molecule has 0 aliphatic heterocycles. The van der Waals surface area contributed by atoms with Crippen LogP contribution in [0.1, 0.15) is 27.7 Å². The van der Waals surface area contributed by atoms with Crippen molar-refractivity contribution >= 4 is 15.9 Å². The molecule has 0 bridgehead atoms. The molecule has 0 fully saturated rings. The summed E-state index contributed by atoms with van der Waals surface area (Å²) >= 11 is 0. The van der Waals surface area contributed by atoms with Crippen molar-refractivity contribution in [3.8, 4) is 0 Å². The van der Waals surface area contributed by atoms with Crippen molar-refractivity contribution in [2.45, 2.75) is 11.1 Å². The van der Waals surface area contributed by atoms with E-state index in [2.05, 4.69) is 10.0 Å². The van der Waals surface area contributed by atoms with Crippen LogP contribution in [0.3, 0.4) is 0 Å². The van der Waals surface area contributed by atoms with Crippen LogP contribution >= 0.6 is 0 Å². The Morgan fingerprint density at radius 3 is 1.92 bits per heavy atom. The quantitative estimate of drug-likeness (QED) is 0.698. The van der Waals surface area contributed by atoms with Crippen LogP contribution < -0.4 is 10.0 Å². The SMILES string of the molecule is CNS(=O)(=O)c1ccc(C(=O)NC(c2ccccc2)c2ccccc2)o1. The minimum atomic E-state index is -3.74. The highest BCUT2D eigenvalue weighted by Gasteiger charge is 2.22. The summed E-state index contributed by atoms with van der Waals surface area (Å²) < 4.78 is 30.9. The van der Waals surface area contributed by atoms with Crippen LogP contribution in [0, 0.1) is 0 Å². The van der Waals surface area contributed by atoms with E-state index in [1.54, 1.807) is 0 Å². The van der Waals surface area contributed by atoms with E-state index in [1.165, 1.54) is 19.2 Å². The number of nitrogens with one attached hydrogen (secondary N) is 2. The van der Waals surface area contributed by atoms with Crippen LogP contribution in [0.4, 0.5) is 0 Å². The lowest BCUT2D eigenvalue weighted by molar-refractivity contribution is 0.0909. The number of rotatable bonds is 6. The molecule has 2 N–H and O–H groups in total. The predicted octanol–water partition coefficient (Wildman–Crippen LogP) is 2.71. The molecular formula is C19H18N2O4S. The van der Waals surface area contributed by atoms with Crippen LogP contribution in [0.5, 0.6) is 0 Å². The smallest absolute Gasteiger partial charge is 0.287 e. The summed E-state index contributed by atoms with van der Waals surface area (Å²) in [6.45, 7) is 0. The van der Waals surface area contributed by atoms with Crippen molar-refractivity contribution in [1.29, 1.82) is 0 Å². The molecular weight excluding hydrogens is 352 g/mol. The van der Waals surface area contributed by atoms with Gasteiger partial charge in [0.2, 0.25) is 5.09 Å². The summed E-state index contributed by atoms with van der Waals surface area (Å²) in [5.41, 5.74) is 1.81. The Balaban J connectivity index is 1.89. The standard InChI is InChI=1S/C19H18N2O4S/c1-20-26(23,24)17-13-12-16(25-17)19(22)21-18(14-8-4-2-5-9-14)15-10-6-3-7-11-15/h2-13,18,20H,1H3,(H,21,22). The second-order valence-corrected chi connectivity index (χ2v) is 7.37. The van der Waals surface area contributed by atoms with Crippen LogP contribution in [0.2, 0.25) is 0 Å². The summed E-state index contributed by atoms with van der Waals surface area (Å²) in [7, 11) is -2.46. The molecule has 1 amide bonds. The van der Waals surface area contributed by atoms with Crippen molar-refractivity contribution in [3.05, 3.63) is 89.7 Å². The van der Waals surface area contributed by atoms with E-state index < -0.39 is 15.9 Å². The van der Waals surface area contributed by atoms with Crippen LogP contribution in [0.25, 0.3) is 0 Å². The zero-order valence-electron chi connectivity index (χ0n) is 14.0. The Bertz CT molecular complexity index is 943. The van der Waals surface area contributed by atoms with Gasteiger partial charge in [0.25, 0.3) is 15.9 Å². The van der Waals surface area contributed by atoms with Crippen LogP contribution in [0.15, 0.2) is 82.3 Å². The monoisotopic (exact) mass is 370 g/mol. The molecule has 1 aromatic heterocycles. The van der Waals surface area contributed by atoms with E-state index in [9.17, 15) is 13.2 Å². The van der Waals surface area contributed by atoms with E-state index >= 15 is 0 Å². The first-order valence-corrected chi connectivity index (χ1v) is 9.44. The van der Waals surface area contributed by atoms with Gasteiger partial charge in [-0.2, -0.15) is 0 Å². The third kappa shape index (κ3) is 3.84. The Labute approximate surface area is 151 Å². The summed E-state index contributed by atoms with van der Waals surface area (Å²) in [5.74, 6) is -0.573. The molecule has 0 spiro atoms. The molecule has 0 unspecified atom stereocenters. The van der Waals surface area contributed by atoms with E-state index in [0.717, 1.165) is 11.1 Å². The minimum absolute atomic E-state index is 0.0734. The third-order valence-electron chi connectivity index (χ3n) is 3.88. The summed E-state index contributed by atoms with van der Waals surface area (Å²) in [4.78, 5) is 12.6. The van der Waals surface area contributed by atoms with Gasteiger partial charge in [-0.15, -0.1) is 0 Å². The second-order valence-electron chi connectivity index (χ2n) is 5.55. The van der Waals surface area contributed by atoms with Gasteiger partial charge in [0.15, 0.2) is 5.76 Å². The Kier molecular flexibility index (Phi) is 5.20. The Morgan fingerprint density at radius 2 is 1.42 bits per heavy atom. The summed E-state index contributed by atoms with van der Waals surface area (Å²) in [6.07, 6.45) is 0. The van der Waals surface area contributed by atoms with Crippen molar-refractivity contribution in [2.75, 3.05) is 7.05 Å². The molecule has 6 nitrogen and oxygen atoms in total.